The molecule has 0 heterocycles. The van der Waals surface area contributed by atoms with E-state index in [1.807, 2.05) is 0 Å². The molecule has 0 heteroatoms. The first-order valence-electron chi connectivity index (χ1n) is 0. The highest BCUT2D eigenvalue weighted by Gasteiger charge is -0.0116. The van der Waals surface area contributed by atoms with Crippen LogP contribution >= 0.6 is 0 Å². The lowest BCUT2D eigenvalue weighted by Gasteiger charge is -0.0786. The summed E-state index contributed by atoms with van der Waals surface area (Å²) in [5.41, 5.74) is 0. The highest BCUT2D eigenvalue weighted by molar-refractivity contribution is 2.57. The Balaban J connectivity index is 0. The lowest BCUT2D eigenvalue weighted by molar-refractivity contribution is 2.50. The maximum absolute atomic E-state index is 0. The molecule has 0 aromatic carbocycles. The van der Waals surface area contributed by atoms with E-state index in [1.54, 1.807) is 0 Å². The maximum atomic E-state index is 0. The van der Waals surface area contributed by atoms with Gasteiger partial charge in [-0.15, -0.1) is 0 Å². The van der Waals surface area contributed by atoms with Crippen molar-refractivity contribution in [1.82, 2.24) is 0 Å². The molecule has 0 saturated carbocycles. The third kappa shape index (κ3) is 0. The van der Waals surface area contributed by atoms with Crippen LogP contribution in [0.15, 0.2) is 0 Å². The van der Waals surface area contributed by atoms with Gasteiger partial charge in [-0.2, -0.15) is 0 Å². The molecule has 0 radical (unpaired) electrons. The van der Waals surface area contributed by atoms with Gasteiger partial charge in [-0.1, -0.05) is 498 Å². The van der Waals surface area contributed by atoms with E-state index in [0.717, 1.165) is 0 Å². The fraction of sp³-hybridized carbons (Fsp3) is 1.00. The second kappa shape index (κ2) is 0. The summed E-state index contributed by atoms with van der Waals surface area (Å²) in [4.78, 5) is 0. The Bertz CT molecular complexity index is 0. The molecule has 0 spiro atoms. The fourth-order valence-corrected chi connectivity index (χ4v) is 0. The molecule has 0 nitrogen and oxygen atoms in total. The van der Waals surface area contributed by atoms with E-state index in [0.29, 0.717) is 0 Å². The zero-order valence-electron chi connectivity index (χ0n) is 0. The van der Waals surface area contributed by atoms with Gasteiger partial charge in [0.05, 0.1) is 0 Å². The van der Waals surface area contributed by atoms with Crippen LogP contribution in [0.5, 0.6) is 0 Å². The normalized spacial score (nSPS) is 0. The van der Waals surface area contributed by atoms with Gasteiger partial charge in [-0.3, -0.25) is 0 Å². The Morgan fingerprint density at radius 3 is 0.0149 bits per heavy atom. The Hall–Kier alpha value is 0. The lowest BCUT2D eigenvalue weighted by Crippen LogP contribution is 0.143. The standard InChI is InChI=1S/67CH4/h67*1H4. The van der Waals surface area contributed by atoms with Crippen LogP contribution in [0, 0.1) is 0 Å². The number of hydrogen-bond donors (Lipinski definition) is 0. The summed E-state index contributed by atoms with van der Waals surface area (Å²) >= 11 is 0. The van der Waals surface area contributed by atoms with Gasteiger partial charge in [0.25, 0.3) is 0 Å². The van der Waals surface area contributed by atoms with Crippen molar-refractivity contribution in [2.45, 2.75) is 498 Å². The molecule has 0 rings (SSSR count). The Morgan fingerprint density at radius 2 is 0.0149 bits per heavy atom. The van der Waals surface area contributed by atoms with Gasteiger partial charge in [0.1, 0.15) is 0 Å². The number of hydrogen-bond acceptors (Lipinski definition) is 0. The lowest BCUT2D eigenvalue weighted by atomic mass is 12.0. The van der Waals surface area contributed by atoms with Crippen LogP contribution in [-0.2, 0) is 0 Å². The third-order valence-electron chi connectivity index (χ3n) is 0. The van der Waals surface area contributed by atoms with E-state index < -0.39 is 0 Å². The summed E-state index contributed by atoms with van der Waals surface area (Å²) in [7, 11) is 0. The van der Waals surface area contributed by atoms with Crippen LogP contribution in [-0.4, -0.2) is 0 Å². The van der Waals surface area contributed by atoms with E-state index in [9.17, 15) is 0 Å². The van der Waals surface area contributed by atoms with Crippen LogP contribution in [0.1, 0.15) is 498 Å². The van der Waals surface area contributed by atoms with Crippen molar-refractivity contribution in [1.29, 1.82) is 0 Å². The van der Waals surface area contributed by atoms with Gasteiger partial charge in [-0.05, 0) is 0 Å². The smallest absolute Gasteiger partial charge is 0.0776 e. The van der Waals surface area contributed by atoms with Gasteiger partial charge < -0.3 is 0 Å². The minimum Gasteiger partial charge on any atom is -0.0776 e. The molecule has 0 fully saturated rings. The first-order chi connectivity index (χ1) is 0. The first kappa shape index (κ1) is 0. The van der Waals surface area contributed by atoms with E-state index in [1.165, 1.54) is 0 Å². The van der Waals surface area contributed by atoms with Crippen molar-refractivity contribution in [2.75, 3.05) is 0 Å². The molecular weight excluding hydrogens is 805 g/mol. The maximum Gasteiger partial charge on any atom is -0.0776 e. The monoisotopic (exact) mass is 1070 g/mol. The average Bonchev–Trinajstić information content (AvgIpc) is 0. The van der Waals surface area contributed by atoms with Crippen LogP contribution < -0.4 is 0 Å². The SMILES string of the molecule is C.C.C.C.C.C.C.C.C.C.C.C.C.C.C.C.C.C.C.C.C.C.C.C.C.C.C.C.C.C.C.C.C.C.C.C.C.C.C.C.C.C.C.C.C.C.C.C.C.C.C.C.C.C.C.C.C.C.C.C.C.C.C.C.C.C.C. The molecule has 0 atom stereocenters. The second-order valence-electron chi connectivity index (χ2n) is 0. The molecule has 0 aromatic heterocycles. The Labute approximate surface area is 495 Å². The second-order valence-corrected chi connectivity index (χ2v) is 0. The molecule has 0 bridgehead atoms. The minimum absolute atomic E-state index is 0. The summed E-state index contributed by atoms with van der Waals surface area (Å²) in [6, 6.07) is 0. The van der Waals surface area contributed by atoms with Crippen LogP contribution in [0.2, 0.25) is 0 Å². The molecule has 536 valence electrons. The van der Waals surface area contributed by atoms with Gasteiger partial charge in [-0.25, -0.2) is 0 Å². The quantitative estimate of drug-likeness (QED) is 0.227. The van der Waals surface area contributed by atoms with E-state index in [-0.39, 0.29) is 498 Å². The molecule has 67 heavy (non-hydrogen) atoms. The van der Waals surface area contributed by atoms with Crippen molar-refractivity contribution < 1.29 is 0 Å². The molecule has 0 saturated heterocycles. The van der Waals surface area contributed by atoms with Crippen molar-refractivity contribution >= 4 is 0 Å². The molecule has 0 aromatic rings. The first-order valence-corrected chi connectivity index (χ1v) is 0. The van der Waals surface area contributed by atoms with Crippen LogP contribution in [0.4, 0.5) is 0 Å². The molecule has 0 aliphatic heterocycles. The number of rotatable bonds is 0. The summed E-state index contributed by atoms with van der Waals surface area (Å²) in [6.07, 6.45) is 0. The molecular formula is C67H268. The Morgan fingerprint density at radius 1 is 0.0149 bits per heavy atom. The highest BCUT2D eigenvalue weighted by atomic mass is 12.1. The van der Waals surface area contributed by atoms with Gasteiger partial charge >= 0.3 is 0 Å². The van der Waals surface area contributed by atoms with E-state index >= 15 is 0 Å². The minimum atomic E-state index is 0. The summed E-state index contributed by atoms with van der Waals surface area (Å²) in [5, 5.41) is 0. The molecule has 0 amide bonds. The third-order valence-corrected chi connectivity index (χ3v) is 0. The van der Waals surface area contributed by atoms with E-state index in [4.69, 9.17) is 0 Å². The van der Waals surface area contributed by atoms with Crippen molar-refractivity contribution in [3.8, 4) is 0 Å². The largest absolute Gasteiger partial charge is 0.0776 e. The van der Waals surface area contributed by atoms with Crippen molar-refractivity contribution in [3.63, 3.8) is 0 Å². The summed E-state index contributed by atoms with van der Waals surface area (Å²) in [6.45, 7) is 0. The molecule has 0 N–H and O–H groups in total. The van der Waals surface area contributed by atoms with Crippen molar-refractivity contribution in [2.24, 2.45) is 0 Å². The summed E-state index contributed by atoms with van der Waals surface area (Å²) < 4.78 is 0. The van der Waals surface area contributed by atoms with Gasteiger partial charge in [0.2, 0.25) is 0 Å². The topological polar surface area (TPSA) is 0 Å². The van der Waals surface area contributed by atoms with Crippen LogP contribution in [0.25, 0.3) is 0 Å². The highest BCUT2D eigenvalue weighted by Crippen LogP contribution is 0.210. The van der Waals surface area contributed by atoms with Gasteiger partial charge in [0, 0.05) is 0 Å². The fourth-order valence-electron chi connectivity index (χ4n) is 0. The molecule has 0 aliphatic rings. The molecule has 0 aliphatic carbocycles. The molecule has 0 unspecified atom stereocenters. The average molecular weight is 1070 g/mol. The summed E-state index contributed by atoms with van der Waals surface area (Å²) in [5.74, 6) is 0. The van der Waals surface area contributed by atoms with Crippen molar-refractivity contribution in [3.05, 3.63) is 0 Å². The predicted octanol–water partition coefficient (Wildman–Crippen LogP) is 42.6. The van der Waals surface area contributed by atoms with Crippen LogP contribution in [0.3, 0.4) is 0 Å². The Kier molecular flexibility index (Phi) is 0. The zero-order chi connectivity index (χ0) is 0. The zero-order valence-corrected chi connectivity index (χ0v) is 0. The van der Waals surface area contributed by atoms with E-state index in [2.05, 4.69) is 0 Å². The predicted molar refractivity (Wildman–Crippen MR) is 451 cm³/mol. The van der Waals surface area contributed by atoms with Gasteiger partial charge in [0.15, 0.2) is 0 Å².